The van der Waals surface area contributed by atoms with Crippen molar-refractivity contribution in [3.05, 3.63) is 18.2 Å². The number of hydrogen-bond acceptors (Lipinski definition) is 4. The number of nitrogens with zero attached hydrogens (tertiary/aromatic N) is 2. The molecule has 1 N–H and O–H groups in total. The van der Waals surface area contributed by atoms with Gasteiger partial charge in [-0.3, -0.25) is 9.59 Å². The first-order valence-electron chi connectivity index (χ1n) is 9.27. The predicted molar refractivity (Wildman–Crippen MR) is 98.1 cm³/mol. The van der Waals surface area contributed by atoms with E-state index in [1.54, 1.807) is 4.90 Å². The van der Waals surface area contributed by atoms with E-state index in [9.17, 15) is 9.59 Å². The highest BCUT2D eigenvalue weighted by Gasteiger charge is 2.26. The summed E-state index contributed by atoms with van der Waals surface area (Å²) in [6.45, 7) is 5.80. The Balaban J connectivity index is 1.71. The van der Waals surface area contributed by atoms with Crippen molar-refractivity contribution >= 4 is 23.2 Å². The molecule has 0 spiro atoms. The smallest absolute Gasteiger partial charge is 0.265 e. The number of hydrogen-bond donors (Lipinski definition) is 1. The highest BCUT2D eigenvalue weighted by Crippen LogP contribution is 2.34. The van der Waals surface area contributed by atoms with Gasteiger partial charge in [0, 0.05) is 25.2 Å². The fourth-order valence-electron chi connectivity index (χ4n) is 3.40. The fourth-order valence-corrected chi connectivity index (χ4v) is 3.40. The van der Waals surface area contributed by atoms with Gasteiger partial charge in [0.2, 0.25) is 5.91 Å². The van der Waals surface area contributed by atoms with Crippen LogP contribution in [0.3, 0.4) is 0 Å². The Morgan fingerprint density at radius 1 is 1.20 bits per heavy atom. The molecule has 1 aromatic carbocycles. The number of amides is 2. The molecular formula is C19H27N3O3. The maximum absolute atomic E-state index is 12.4. The lowest BCUT2D eigenvalue weighted by molar-refractivity contribution is -0.121. The number of nitrogens with one attached hydrogen (secondary N) is 1. The van der Waals surface area contributed by atoms with Crippen LogP contribution in [-0.2, 0) is 9.59 Å². The number of carbonyl (C=O) groups excluding carboxylic acids is 2. The van der Waals surface area contributed by atoms with E-state index in [1.165, 1.54) is 19.3 Å². The van der Waals surface area contributed by atoms with Crippen LogP contribution in [0.5, 0.6) is 5.75 Å². The van der Waals surface area contributed by atoms with E-state index < -0.39 is 0 Å². The van der Waals surface area contributed by atoms with Gasteiger partial charge < -0.3 is 19.9 Å². The van der Waals surface area contributed by atoms with Crippen LogP contribution in [0.25, 0.3) is 0 Å². The molecule has 0 bridgehead atoms. The second kappa shape index (κ2) is 8.34. The lowest BCUT2D eigenvalue weighted by Crippen LogP contribution is -2.44. The molecule has 0 aromatic heterocycles. The molecule has 6 heteroatoms. The van der Waals surface area contributed by atoms with E-state index in [0.29, 0.717) is 24.4 Å². The first-order chi connectivity index (χ1) is 12.2. The topological polar surface area (TPSA) is 61.9 Å². The molecule has 2 aliphatic rings. The van der Waals surface area contributed by atoms with Gasteiger partial charge in [-0.2, -0.15) is 0 Å². The van der Waals surface area contributed by atoms with Crippen LogP contribution < -0.4 is 15.0 Å². The van der Waals surface area contributed by atoms with Crippen LogP contribution in [0.15, 0.2) is 18.2 Å². The fraction of sp³-hybridized carbons (Fsp3) is 0.579. The van der Waals surface area contributed by atoms with Crippen LogP contribution >= 0.6 is 0 Å². The molecule has 25 heavy (non-hydrogen) atoms. The molecule has 1 saturated heterocycles. The summed E-state index contributed by atoms with van der Waals surface area (Å²) in [6, 6.07) is 5.50. The zero-order valence-electron chi connectivity index (χ0n) is 14.9. The molecule has 2 heterocycles. The second-order valence-electron chi connectivity index (χ2n) is 6.72. The first kappa shape index (κ1) is 17.7. The Hall–Kier alpha value is -2.08. The summed E-state index contributed by atoms with van der Waals surface area (Å²) >= 11 is 0. The van der Waals surface area contributed by atoms with E-state index in [0.717, 1.165) is 31.7 Å². The Morgan fingerprint density at radius 2 is 2.00 bits per heavy atom. The number of rotatable bonds is 6. The average molecular weight is 345 g/mol. The molecule has 3 rings (SSSR count). The summed E-state index contributed by atoms with van der Waals surface area (Å²) in [5.74, 6) is 0.665. The van der Waals surface area contributed by atoms with Crippen LogP contribution in [0.4, 0.5) is 11.4 Å². The summed E-state index contributed by atoms with van der Waals surface area (Å²) in [4.78, 5) is 28.4. The van der Waals surface area contributed by atoms with Crippen LogP contribution in [0, 0.1) is 0 Å². The normalized spacial score (nSPS) is 17.8. The molecule has 0 unspecified atom stereocenters. The summed E-state index contributed by atoms with van der Waals surface area (Å²) in [5.41, 5.74) is 1.46. The second-order valence-corrected chi connectivity index (χ2v) is 6.72. The molecule has 0 aliphatic carbocycles. The minimum absolute atomic E-state index is 0.00892. The summed E-state index contributed by atoms with van der Waals surface area (Å²) in [6.07, 6.45) is 5.07. The quantitative estimate of drug-likeness (QED) is 0.861. The predicted octanol–water partition coefficient (Wildman–Crippen LogP) is 2.64. The minimum Gasteiger partial charge on any atom is -0.482 e. The van der Waals surface area contributed by atoms with Gasteiger partial charge >= 0.3 is 0 Å². The molecule has 1 fully saturated rings. The van der Waals surface area contributed by atoms with E-state index in [2.05, 4.69) is 10.2 Å². The lowest BCUT2D eigenvalue weighted by atomic mass is 10.1. The number of fused-ring (bicyclic) bond motifs is 1. The van der Waals surface area contributed by atoms with Crippen molar-refractivity contribution in [3.8, 4) is 5.75 Å². The van der Waals surface area contributed by atoms with Crippen LogP contribution in [0.1, 0.15) is 39.0 Å². The third kappa shape index (κ3) is 4.51. The van der Waals surface area contributed by atoms with Crippen molar-refractivity contribution in [2.75, 3.05) is 43.0 Å². The minimum atomic E-state index is -0.0263. The standard InChI is InChI=1S/C19H27N3O3/c1-2-6-18(23)20-15-7-8-17-16(13-15)22(19(24)14-25-17)12-11-21-9-4-3-5-10-21/h7-8,13H,2-6,9-12,14H2,1H3,(H,20,23). The Labute approximate surface area is 149 Å². The van der Waals surface area contributed by atoms with Crippen molar-refractivity contribution in [2.24, 2.45) is 0 Å². The summed E-state index contributed by atoms with van der Waals surface area (Å²) in [7, 11) is 0. The summed E-state index contributed by atoms with van der Waals surface area (Å²) in [5, 5.41) is 2.89. The van der Waals surface area contributed by atoms with Crippen LogP contribution in [0.2, 0.25) is 0 Å². The van der Waals surface area contributed by atoms with Gasteiger partial charge in [-0.15, -0.1) is 0 Å². The molecule has 2 amide bonds. The van der Waals surface area contributed by atoms with Crippen molar-refractivity contribution in [3.63, 3.8) is 0 Å². The first-order valence-corrected chi connectivity index (χ1v) is 9.27. The number of benzene rings is 1. The lowest BCUT2D eigenvalue weighted by Gasteiger charge is -2.33. The number of anilines is 2. The maximum atomic E-state index is 12.4. The molecule has 0 saturated carbocycles. The van der Waals surface area contributed by atoms with Gasteiger partial charge in [-0.05, 0) is 50.6 Å². The number of likely N-dealkylation sites (tertiary alicyclic amines) is 1. The van der Waals surface area contributed by atoms with E-state index in [4.69, 9.17) is 4.74 Å². The number of carbonyl (C=O) groups is 2. The van der Waals surface area contributed by atoms with E-state index >= 15 is 0 Å². The maximum Gasteiger partial charge on any atom is 0.265 e. The zero-order chi connectivity index (χ0) is 17.6. The number of ether oxygens (including phenoxy) is 1. The van der Waals surface area contributed by atoms with Crippen LogP contribution in [-0.4, -0.2) is 49.5 Å². The van der Waals surface area contributed by atoms with Gasteiger partial charge in [0.15, 0.2) is 6.61 Å². The van der Waals surface area contributed by atoms with E-state index in [-0.39, 0.29) is 18.4 Å². The zero-order valence-corrected chi connectivity index (χ0v) is 14.9. The SMILES string of the molecule is CCCC(=O)Nc1ccc2c(c1)N(CCN1CCCCC1)C(=O)CO2. The average Bonchev–Trinajstić information content (AvgIpc) is 2.62. The van der Waals surface area contributed by atoms with Gasteiger partial charge in [0.1, 0.15) is 5.75 Å². The molecule has 0 atom stereocenters. The van der Waals surface area contributed by atoms with Gasteiger partial charge in [-0.1, -0.05) is 13.3 Å². The van der Waals surface area contributed by atoms with Crippen molar-refractivity contribution in [1.29, 1.82) is 0 Å². The monoisotopic (exact) mass is 345 g/mol. The van der Waals surface area contributed by atoms with Crippen molar-refractivity contribution in [1.82, 2.24) is 4.90 Å². The van der Waals surface area contributed by atoms with Gasteiger partial charge in [-0.25, -0.2) is 0 Å². The summed E-state index contributed by atoms with van der Waals surface area (Å²) < 4.78 is 5.55. The van der Waals surface area contributed by atoms with Crippen molar-refractivity contribution in [2.45, 2.75) is 39.0 Å². The molecule has 0 radical (unpaired) electrons. The third-order valence-corrected chi connectivity index (χ3v) is 4.75. The van der Waals surface area contributed by atoms with Crippen molar-refractivity contribution < 1.29 is 14.3 Å². The molecule has 2 aliphatic heterocycles. The number of piperidine rings is 1. The Bertz CT molecular complexity index is 626. The molecule has 6 nitrogen and oxygen atoms in total. The molecular weight excluding hydrogens is 318 g/mol. The Kier molecular flexibility index (Phi) is 5.91. The Morgan fingerprint density at radius 3 is 2.76 bits per heavy atom. The van der Waals surface area contributed by atoms with E-state index in [1.807, 2.05) is 25.1 Å². The highest BCUT2D eigenvalue weighted by molar-refractivity contribution is 5.99. The van der Waals surface area contributed by atoms with Gasteiger partial charge in [0.25, 0.3) is 5.91 Å². The third-order valence-electron chi connectivity index (χ3n) is 4.75. The largest absolute Gasteiger partial charge is 0.482 e. The molecule has 1 aromatic rings. The molecule has 136 valence electrons. The highest BCUT2D eigenvalue weighted by atomic mass is 16.5. The van der Waals surface area contributed by atoms with Gasteiger partial charge in [0.05, 0.1) is 5.69 Å².